The van der Waals surface area contributed by atoms with Crippen LogP contribution in [-0.2, 0) is 9.59 Å². The number of nitrogens with one attached hydrogen (secondary N) is 1. The van der Waals surface area contributed by atoms with Gasteiger partial charge in [-0.3, -0.25) is 4.79 Å². The molecule has 0 saturated heterocycles. The van der Waals surface area contributed by atoms with Gasteiger partial charge in [-0.25, -0.2) is 0 Å². The van der Waals surface area contributed by atoms with Crippen LogP contribution in [0.25, 0.3) is 0 Å². The Morgan fingerprint density at radius 3 is 1.82 bits per heavy atom. The van der Waals surface area contributed by atoms with E-state index in [2.05, 4.69) is 32.9 Å². The molecule has 126 valence electrons. The second kappa shape index (κ2) is 8.66. The van der Waals surface area contributed by atoms with Gasteiger partial charge >= 0.3 is 0 Å². The summed E-state index contributed by atoms with van der Waals surface area (Å²) in [7, 11) is 0.245. The van der Waals surface area contributed by atoms with E-state index in [0.29, 0.717) is 6.42 Å². The summed E-state index contributed by atoms with van der Waals surface area (Å²) in [5.41, 5.74) is 1.70. The van der Waals surface area contributed by atoms with E-state index < -0.39 is 11.0 Å². The van der Waals surface area contributed by atoms with Crippen molar-refractivity contribution in [2.45, 2.75) is 86.6 Å². The van der Waals surface area contributed by atoms with Crippen molar-refractivity contribution in [1.82, 2.24) is 5.23 Å². The van der Waals surface area contributed by atoms with Crippen molar-refractivity contribution >= 4 is 18.9 Å². The van der Waals surface area contributed by atoms with Crippen LogP contribution in [0.5, 0.6) is 0 Å². The zero-order valence-electron chi connectivity index (χ0n) is 15.9. The van der Waals surface area contributed by atoms with Gasteiger partial charge in [-0.2, -0.15) is 0 Å². The molecule has 3 nitrogen and oxygen atoms in total. The van der Waals surface area contributed by atoms with Gasteiger partial charge in [0.2, 0.25) is 0 Å². The van der Waals surface area contributed by atoms with Crippen LogP contribution in [0.2, 0.25) is 0 Å². The lowest BCUT2D eigenvalue weighted by Gasteiger charge is -2.33. The highest BCUT2D eigenvalue weighted by atomic mass is 16.1. The van der Waals surface area contributed by atoms with Gasteiger partial charge in [-0.15, -0.1) is 0 Å². The molecule has 2 unspecified atom stereocenters. The molecule has 4 heteroatoms. The monoisotopic (exact) mass is 307 g/mol. The second-order valence-corrected chi connectivity index (χ2v) is 6.67. The average Bonchev–Trinajstić information content (AvgIpc) is 2.51. The van der Waals surface area contributed by atoms with E-state index in [4.69, 9.17) is 0 Å². The average molecular weight is 307 g/mol. The highest BCUT2D eigenvalue weighted by Gasteiger charge is 2.37. The first-order valence-corrected chi connectivity index (χ1v) is 8.61. The first-order valence-electron chi connectivity index (χ1n) is 8.61. The van der Waals surface area contributed by atoms with Crippen molar-refractivity contribution in [3.8, 4) is 0 Å². The minimum Gasteiger partial charge on any atom is -0.341 e. The lowest BCUT2D eigenvalue weighted by molar-refractivity contribution is -0.122. The van der Waals surface area contributed by atoms with Crippen molar-refractivity contribution in [2.24, 2.45) is 5.41 Å². The molecule has 0 aliphatic rings. The van der Waals surface area contributed by atoms with E-state index in [1.807, 2.05) is 20.8 Å². The molecule has 0 amide bonds. The van der Waals surface area contributed by atoms with Crippen LogP contribution in [-0.4, -0.2) is 24.4 Å². The topological polar surface area (TPSA) is 46.2 Å². The molecule has 0 aliphatic carbocycles. The smallest absolute Gasteiger partial charge is 0.284 e. The molecule has 0 rings (SSSR count). The maximum Gasteiger partial charge on any atom is 0.284 e. The Labute approximate surface area is 137 Å². The maximum atomic E-state index is 12.9. The number of ketones is 1. The highest BCUT2D eigenvalue weighted by Crippen LogP contribution is 2.36. The van der Waals surface area contributed by atoms with Gasteiger partial charge in [0.15, 0.2) is 0 Å². The third-order valence-electron chi connectivity index (χ3n) is 5.51. The predicted molar refractivity (Wildman–Crippen MR) is 96.3 cm³/mol. The van der Waals surface area contributed by atoms with E-state index in [1.54, 1.807) is 6.92 Å². The number of rotatable bonds is 10. The molecule has 22 heavy (non-hydrogen) atoms. The third kappa shape index (κ3) is 4.55. The van der Waals surface area contributed by atoms with Crippen LogP contribution >= 0.6 is 0 Å². The van der Waals surface area contributed by atoms with Gasteiger partial charge < -0.3 is 10.0 Å². The fourth-order valence-corrected chi connectivity index (χ4v) is 2.92. The number of carbonyl (C=O) groups is 2. The molecule has 0 heterocycles. The predicted octanol–water partition coefficient (Wildman–Crippen LogP) is 3.76. The summed E-state index contributed by atoms with van der Waals surface area (Å²) in [6.07, 6.45) is 3.34. The lowest BCUT2D eigenvalue weighted by atomic mass is 9.62. The second-order valence-electron chi connectivity index (χ2n) is 6.67. The van der Waals surface area contributed by atoms with Gasteiger partial charge in [-0.1, -0.05) is 38.8 Å². The van der Waals surface area contributed by atoms with Crippen molar-refractivity contribution < 1.29 is 9.59 Å². The molecular formula is C18H34BNO2. The summed E-state index contributed by atoms with van der Waals surface area (Å²) in [5, 5.41) is 3.20. The Morgan fingerprint density at radius 2 is 1.50 bits per heavy atom. The summed E-state index contributed by atoms with van der Waals surface area (Å²) < 4.78 is 0. The molecule has 0 fully saturated rings. The number of hydrogen-bond acceptors (Lipinski definition) is 3. The SMILES string of the molecule is CC/C(C)=C(/CC)C(C)(CC)C(=O)BNC(C)(CC)C(C)=O. The molecule has 2 atom stereocenters. The fraction of sp³-hybridized carbons (Fsp3) is 0.778. The Morgan fingerprint density at radius 1 is 0.955 bits per heavy atom. The number of carbonyl (C=O) groups excluding carboxylic acids is 2. The first-order chi connectivity index (χ1) is 10.1. The molecule has 0 bridgehead atoms. The first kappa shape index (κ1) is 21.1. The molecule has 0 aromatic heterocycles. The normalized spacial score (nSPS) is 18.0. The molecular weight excluding hydrogens is 273 g/mol. The Balaban J connectivity index is 5.34. The fourth-order valence-electron chi connectivity index (χ4n) is 2.92. The Bertz CT molecular complexity index is 444. The van der Waals surface area contributed by atoms with Crippen LogP contribution in [0, 0.1) is 5.41 Å². The zero-order chi connectivity index (χ0) is 17.6. The highest BCUT2D eigenvalue weighted by molar-refractivity contribution is 6.73. The summed E-state index contributed by atoms with van der Waals surface area (Å²) >= 11 is 0. The lowest BCUT2D eigenvalue weighted by Crippen LogP contribution is -2.53. The summed E-state index contributed by atoms with van der Waals surface area (Å²) in [5.74, 6) is 0.0806. The van der Waals surface area contributed by atoms with Crippen molar-refractivity contribution in [3.05, 3.63) is 11.1 Å². The van der Waals surface area contributed by atoms with Gasteiger partial charge in [0, 0.05) is 5.41 Å². The van der Waals surface area contributed by atoms with E-state index in [0.717, 1.165) is 19.3 Å². The molecule has 0 aliphatic heterocycles. The van der Waals surface area contributed by atoms with Crippen LogP contribution in [0.3, 0.4) is 0 Å². The van der Waals surface area contributed by atoms with Gasteiger partial charge in [0.05, 0.1) is 5.54 Å². The molecule has 0 saturated carbocycles. The van der Waals surface area contributed by atoms with Crippen LogP contribution in [0.1, 0.15) is 81.1 Å². The van der Waals surface area contributed by atoms with Crippen molar-refractivity contribution in [2.75, 3.05) is 0 Å². The molecule has 0 spiro atoms. The van der Waals surface area contributed by atoms with E-state index in [-0.39, 0.29) is 18.9 Å². The van der Waals surface area contributed by atoms with Crippen molar-refractivity contribution in [3.63, 3.8) is 0 Å². The van der Waals surface area contributed by atoms with E-state index in [1.165, 1.54) is 11.1 Å². The zero-order valence-corrected chi connectivity index (χ0v) is 15.9. The molecule has 0 aromatic carbocycles. The number of Topliss-reactive ketones (excluding diaryl/α,β-unsaturated/α-hetero) is 1. The minimum absolute atomic E-state index is 0.0806. The van der Waals surface area contributed by atoms with Crippen LogP contribution in [0.4, 0.5) is 0 Å². The summed E-state index contributed by atoms with van der Waals surface area (Å²) in [4.78, 5) is 24.7. The third-order valence-corrected chi connectivity index (χ3v) is 5.51. The van der Waals surface area contributed by atoms with Crippen LogP contribution < -0.4 is 5.23 Å². The largest absolute Gasteiger partial charge is 0.341 e. The quantitative estimate of drug-likeness (QED) is 0.494. The standard InChI is InChI=1S/C18H34BNO2/c1-9-13(5)15(10-2)17(7,11-3)16(22)19-20-18(8,12-4)14(6)21/h19-20H,9-12H2,1-8H3/b15-13-. The van der Waals surface area contributed by atoms with E-state index >= 15 is 0 Å². The minimum atomic E-state index is -0.611. The Kier molecular flexibility index (Phi) is 8.31. The molecule has 1 N–H and O–H groups in total. The van der Waals surface area contributed by atoms with Gasteiger partial charge in [0.1, 0.15) is 11.5 Å². The summed E-state index contributed by atoms with van der Waals surface area (Å²) in [6, 6.07) is 0. The summed E-state index contributed by atoms with van der Waals surface area (Å²) in [6.45, 7) is 15.9. The van der Waals surface area contributed by atoms with Gasteiger partial charge in [0.25, 0.3) is 7.41 Å². The molecule has 0 radical (unpaired) electrons. The van der Waals surface area contributed by atoms with Crippen molar-refractivity contribution in [1.29, 1.82) is 0 Å². The number of allylic oxidation sites excluding steroid dienone is 2. The number of hydrogen-bond donors (Lipinski definition) is 1. The van der Waals surface area contributed by atoms with Crippen LogP contribution in [0.15, 0.2) is 11.1 Å². The van der Waals surface area contributed by atoms with E-state index in [9.17, 15) is 9.59 Å². The van der Waals surface area contributed by atoms with Gasteiger partial charge in [-0.05, 0) is 53.4 Å². The Hall–Kier alpha value is -0.895. The maximum absolute atomic E-state index is 12.9. The molecule has 0 aromatic rings.